The molecule has 3 N–H and O–H groups in total. The number of nitrogens with zero attached hydrogens (tertiary/aromatic N) is 1. The molecule has 9 heteroatoms. The minimum Gasteiger partial charge on any atom is -0.481 e. The average Bonchev–Trinajstić information content (AvgIpc) is 2.51. The second-order valence-electron chi connectivity index (χ2n) is 4.59. The number of benzene rings is 1. The lowest BCUT2D eigenvalue weighted by atomic mass is 10.2. The lowest BCUT2D eigenvalue weighted by Gasteiger charge is -2.07. The number of primary sulfonamides is 1. The van der Waals surface area contributed by atoms with Gasteiger partial charge in [-0.3, -0.25) is 4.79 Å². The molecule has 0 fully saturated rings. The maximum absolute atomic E-state index is 12.1. The molecular weight excluding hydrogens is 342 g/mol. The summed E-state index contributed by atoms with van der Waals surface area (Å²) >= 11 is 5.81. The van der Waals surface area contributed by atoms with Crippen LogP contribution in [0.25, 0.3) is 0 Å². The van der Waals surface area contributed by atoms with Gasteiger partial charge in [-0.25, -0.2) is 18.5 Å². The number of amides is 1. The Labute approximate surface area is 138 Å². The van der Waals surface area contributed by atoms with Gasteiger partial charge in [-0.2, -0.15) is 0 Å². The number of carbonyl (C=O) groups is 1. The molecular formula is C14H14ClN3O4S. The zero-order chi connectivity index (χ0) is 17.0. The first-order valence-electron chi connectivity index (χ1n) is 6.41. The summed E-state index contributed by atoms with van der Waals surface area (Å²) in [5, 5.41) is 7.85. The number of sulfonamides is 1. The van der Waals surface area contributed by atoms with Crippen molar-refractivity contribution in [3.63, 3.8) is 0 Å². The number of ether oxygens (including phenoxy) is 1. The Morgan fingerprint density at radius 2 is 1.96 bits per heavy atom. The van der Waals surface area contributed by atoms with Crippen LogP contribution in [0.4, 0.5) is 0 Å². The zero-order valence-corrected chi connectivity index (χ0v) is 13.7. The SMILES string of the molecule is COc1cc(C(=O)NCc2ccc(S(N)(=O)=O)cc2)cc(Cl)n1. The van der Waals surface area contributed by atoms with E-state index in [1.165, 1.54) is 31.4 Å². The molecule has 2 rings (SSSR count). The number of halogens is 1. The van der Waals surface area contributed by atoms with Gasteiger partial charge in [0, 0.05) is 18.2 Å². The summed E-state index contributed by atoms with van der Waals surface area (Å²) in [5.74, 6) is -0.122. The van der Waals surface area contributed by atoms with Crippen molar-refractivity contribution in [1.82, 2.24) is 10.3 Å². The van der Waals surface area contributed by atoms with Gasteiger partial charge in [0.2, 0.25) is 15.9 Å². The van der Waals surface area contributed by atoms with Crippen LogP contribution in [0.3, 0.4) is 0 Å². The van der Waals surface area contributed by atoms with Gasteiger partial charge in [-0.05, 0) is 23.8 Å². The maximum Gasteiger partial charge on any atom is 0.251 e. The van der Waals surface area contributed by atoms with Crippen molar-refractivity contribution in [3.8, 4) is 5.88 Å². The fraction of sp³-hybridized carbons (Fsp3) is 0.143. The summed E-state index contributed by atoms with van der Waals surface area (Å²) < 4.78 is 27.3. The summed E-state index contributed by atoms with van der Waals surface area (Å²) in [4.78, 5) is 16.0. The van der Waals surface area contributed by atoms with Crippen molar-refractivity contribution in [2.75, 3.05) is 7.11 Å². The van der Waals surface area contributed by atoms with Gasteiger partial charge in [-0.15, -0.1) is 0 Å². The van der Waals surface area contributed by atoms with E-state index in [2.05, 4.69) is 10.3 Å². The summed E-state index contributed by atoms with van der Waals surface area (Å²) in [6.07, 6.45) is 0. The summed E-state index contributed by atoms with van der Waals surface area (Å²) in [6, 6.07) is 8.78. The molecule has 0 saturated heterocycles. The molecule has 0 atom stereocenters. The molecule has 0 aliphatic heterocycles. The highest BCUT2D eigenvalue weighted by Gasteiger charge is 2.10. The summed E-state index contributed by atoms with van der Waals surface area (Å²) in [6.45, 7) is 0.214. The molecule has 0 unspecified atom stereocenters. The molecule has 0 saturated carbocycles. The Kier molecular flexibility index (Phi) is 5.19. The van der Waals surface area contributed by atoms with E-state index >= 15 is 0 Å². The van der Waals surface area contributed by atoms with Crippen LogP contribution in [0, 0.1) is 0 Å². The highest BCUT2D eigenvalue weighted by Crippen LogP contribution is 2.16. The molecule has 2 aromatic rings. The van der Waals surface area contributed by atoms with Crippen molar-refractivity contribution in [2.24, 2.45) is 5.14 Å². The van der Waals surface area contributed by atoms with Crippen molar-refractivity contribution >= 4 is 27.5 Å². The van der Waals surface area contributed by atoms with Crippen LogP contribution < -0.4 is 15.2 Å². The smallest absolute Gasteiger partial charge is 0.251 e. The summed E-state index contributed by atoms with van der Waals surface area (Å²) in [7, 11) is -2.31. The molecule has 0 aliphatic rings. The number of nitrogens with two attached hydrogens (primary N) is 1. The molecule has 23 heavy (non-hydrogen) atoms. The Morgan fingerprint density at radius 3 is 2.52 bits per heavy atom. The Morgan fingerprint density at radius 1 is 1.30 bits per heavy atom. The minimum atomic E-state index is -3.73. The van der Waals surface area contributed by atoms with Gasteiger partial charge in [0.1, 0.15) is 5.15 Å². The molecule has 7 nitrogen and oxygen atoms in total. The van der Waals surface area contributed by atoms with Crippen LogP contribution in [0.2, 0.25) is 5.15 Å². The van der Waals surface area contributed by atoms with Crippen LogP contribution in [-0.4, -0.2) is 26.4 Å². The first-order chi connectivity index (χ1) is 10.8. The van der Waals surface area contributed by atoms with E-state index in [4.69, 9.17) is 21.5 Å². The fourth-order valence-electron chi connectivity index (χ4n) is 1.79. The predicted molar refractivity (Wildman–Crippen MR) is 84.8 cm³/mol. The number of carbonyl (C=O) groups excluding carboxylic acids is 1. The lowest BCUT2D eigenvalue weighted by molar-refractivity contribution is 0.0950. The zero-order valence-electron chi connectivity index (χ0n) is 12.1. The van der Waals surface area contributed by atoms with Crippen LogP contribution >= 0.6 is 11.6 Å². The number of pyridine rings is 1. The largest absolute Gasteiger partial charge is 0.481 e. The van der Waals surface area contributed by atoms with Crippen LogP contribution in [0.15, 0.2) is 41.3 Å². The molecule has 1 aromatic carbocycles. The van der Waals surface area contributed by atoms with E-state index in [0.717, 1.165) is 5.56 Å². The first-order valence-corrected chi connectivity index (χ1v) is 8.33. The van der Waals surface area contributed by atoms with Crippen molar-refractivity contribution < 1.29 is 17.9 Å². The number of hydrogen-bond acceptors (Lipinski definition) is 5. The van der Waals surface area contributed by atoms with Gasteiger partial charge in [0.25, 0.3) is 5.91 Å². The van der Waals surface area contributed by atoms with Crippen LogP contribution in [-0.2, 0) is 16.6 Å². The molecule has 0 spiro atoms. The maximum atomic E-state index is 12.1. The third-order valence-corrected chi connectivity index (χ3v) is 4.07. The molecule has 122 valence electrons. The van der Waals surface area contributed by atoms with E-state index in [-0.39, 0.29) is 28.4 Å². The van der Waals surface area contributed by atoms with Gasteiger partial charge in [-0.1, -0.05) is 23.7 Å². The Hall–Kier alpha value is -2.16. The second kappa shape index (κ2) is 6.95. The van der Waals surface area contributed by atoms with E-state index in [1.54, 1.807) is 12.1 Å². The molecule has 0 aliphatic carbocycles. The van der Waals surface area contributed by atoms with Crippen molar-refractivity contribution in [1.29, 1.82) is 0 Å². The van der Waals surface area contributed by atoms with Crippen molar-refractivity contribution in [2.45, 2.75) is 11.4 Å². The highest BCUT2D eigenvalue weighted by atomic mass is 35.5. The molecule has 1 aromatic heterocycles. The summed E-state index contributed by atoms with van der Waals surface area (Å²) in [5.41, 5.74) is 1.03. The third kappa shape index (κ3) is 4.65. The van der Waals surface area contributed by atoms with Gasteiger partial charge >= 0.3 is 0 Å². The van der Waals surface area contributed by atoms with Crippen LogP contribution in [0.5, 0.6) is 5.88 Å². The monoisotopic (exact) mass is 355 g/mol. The Balaban J connectivity index is 2.06. The number of aromatic nitrogens is 1. The van der Waals surface area contributed by atoms with E-state index in [0.29, 0.717) is 5.56 Å². The quantitative estimate of drug-likeness (QED) is 0.786. The molecule has 1 amide bonds. The third-order valence-electron chi connectivity index (χ3n) is 2.95. The molecule has 1 heterocycles. The lowest BCUT2D eigenvalue weighted by Crippen LogP contribution is -2.23. The molecule has 0 radical (unpaired) electrons. The highest BCUT2D eigenvalue weighted by molar-refractivity contribution is 7.89. The number of nitrogens with one attached hydrogen (secondary N) is 1. The normalized spacial score (nSPS) is 11.1. The number of methoxy groups -OCH3 is 1. The van der Waals surface area contributed by atoms with Crippen molar-refractivity contribution in [3.05, 3.63) is 52.7 Å². The number of hydrogen-bond donors (Lipinski definition) is 2. The average molecular weight is 356 g/mol. The van der Waals surface area contributed by atoms with Gasteiger partial charge in [0.15, 0.2) is 0 Å². The topological polar surface area (TPSA) is 111 Å². The fourth-order valence-corrected chi connectivity index (χ4v) is 2.51. The van der Waals surface area contributed by atoms with E-state index < -0.39 is 10.0 Å². The van der Waals surface area contributed by atoms with Gasteiger partial charge in [0.05, 0.1) is 12.0 Å². The standard InChI is InChI=1S/C14H14ClN3O4S/c1-22-13-7-10(6-12(15)18-13)14(19)17-8-9-2-4-11(5-3-9)23(16,20)21/h2-7H,8H2,1H3,(H,17,19)(H2,16,20,21). The van der Waals surface area contributed by atoms with Crippen LogP contribution in [0.1, 0.15) is 15.9 Å². The van der Waals surface area contributed by atoms with E-state index in [9.17, 15) is 13.2 Å². The van der Waals surface area contributed by atoms with Gasteiger partial charge < -0.3 is 10.1 Å². The predicted octanol–water partition coefficient (Wildman–Crippen LogP) is 1.32. The minimum absolute atomic E-state index is 0.0122. The number of rotatable bonds is 5. The Bertz CT molecular complexity index is 822. The van der Waals surface area contributed by atoms with E-state index in [1.807, 2.05) is 0 Å². The second-order valence-corrected chi connectivity index (χ2v) is 6.54. The molecule has 0 bridgehead atoms. The first kappa shape index (κ1) is 17.2.